The Hall–Kier alpha value is -1.61. The summed E-state index contributed by atoms with van der Waals surface area (Å²) in [5.41, 5.74) is 1.24. The summed E-state index contributed by atoms with van der Waals surface area (Å²) in [6.45, 7) is 3.85. The van der Waals surface area contributed by atoms with E-state index in [0.717, 1.165) is 5.92 Å². The third-order valence-electron chi connectivity index (χ3n) is 4.81. The first kappa shape index (κ1) is 13.1. The fourth-order valence-electron chi connectivity index (χ4n) is 3.33. The summed E-state index contributed by atoms with van der Waals surface area (Å²) < 4.78 is 0. The second-order valence-electron chi connectivity index (χ2n) is 6.60. The van der Waals surface area contributed by atoms with Crippen molar-refractivity contribution in [2.24, 2.45) is 5.92 Å². The Bertz CT molecular complexity index is 613. The number of pyridine rings is 1. The highest BCUT2D eigenvalue weighted by Gasteiger charge is 2.26. The molecule has 3 heteroatoms. The molecule has 2 fully saturated rings. The normalized spacial score (nSPS) is 20.8. The van der Waals surface area contributed by atoms with E-state index in [1.807, 2.05) is 12.4 Å². The molecule has 1 saturated carbocycles. The summed E-state index contributed by atoms with van der Waals surface area (Å²) >= 11 is 0. The third-order valence-corrected chi connectivity index (χ3v) is 4.81. The zero-order valence-electron chi connectivity index (χ0n) is 12.5. The molecule has 110 valence electrons. The summed E-state index contributed by atoms with van der Waals surface area (Å²) in [4.78, 5) is 6.82. The van der Waals surface area contributed by atoms with E-state index in [2.05, 4.69) is 39.5 Å². The van der Waals surface area contributed by atoms with E-state index < -0.39 is 0 Å². The average molecular weight is 281 g/mol. The van der Waals surface area contributed by atoms with Gasteiger partial charge in [0.1, 0.15) is 0 Å². The second-order valence-corrected chi connectivity index (χ2v) is 6.60. The number of piperidine rings is 1. The minimum Gasteiger partial charge on any atom is -0.382 e. The maximum absolute atomic E-state index is 4.17. The molecule has 0 atom stereocenters. The maximum atomic E-state index is 4.17. The molecule has 21 heavy (non-hydrogen) atoms. The van der Waals surface area contributed by atoms with E-state index in [1.165, 1.54) is 61.8 Å². The van der Waals surface area contributed by atoms with Crippen molar-refractivity contribution in [3.63, 3.8) is 0 Å². The van der Waals surface area contributed by atoms with Gasteiger partial charge in [-0.2, -0.15) is 0 Å². The molecule has 1 saturated heterocycles. The van der Waals surface area contributed by atoms with Gasteiger partial charge in [0.25, 0.3) is 0 Å². The van der Waals surface area contributed by atoms with Crippen molar-refractivity contribution in [1.29, 1.82) is 0 Å². The number of rotatable bonds is 4. The van der Waals surface area contributed by atoms with E-state index in [1.54, 1.807) is 0 Å². The number of hydrogen-bond acceptors (Lipinski definition) is 3. The van der Waals surface area contributed by atoms with Crippen LogP contribution in [0.4, 0.5) is 5.69 Å². The van der Waals surface area contributed by atoms with E-state index in [9.17, 15) is 0 Å². The zero-order valence-corrected chi connectivity index (χ0v) is 12.5. The van der Waals surface area contributed by atoms with Gasteiger partial charge in [-0.15, -0.1) is 0 Å². The number of benzene rings is 1. The molecule has 3 nitrogen and oxygen atoms in total. The number of fused-ring (bicyclic) bond motifs is 1. The number of anilines is 1. The van der Waals surface area contributed by atoms with Gasteiger partial charge in [-0.05, 0) is 55.2 Å². The molecule has 1 aliphatic heterocycles. The van der Waals surface area contributed by atoms with E-state index in [4.69, 9.17) is 0 Å². The Morgan fingerprint density at radius 1 is 1.05 bits per heavy atom. The van der Waals surface area contributed by atoms with Gasteiger partial charge in [0.2, 0.25) is 0 Å². The molecule has 1 aliphatic carbocycles. The predicted octanol–water partition coefficient (Wildman–Crippen LogP) is 3.52. The lowest BCUT2D eigenvalue weighted by atomic mass is 10.0. The minimum absolute atomic E-state index is 0.625. The minimum atomic E-state index is 0.625. The first-order valence-corrected chi connectivity index (χ1v) is 8.19. The molecule has 0 spiro atoms. The topological polar surface area (TPSA) is 28.2 Å². The van der Waals surface area contributed by atoms with Crippen LogP contribution in [-0.4, -0.2) is 35.6 Å². The van der Waals surface area contributed by atoms with Crippen molar-refractivity contribution < 1.29 is 0 Å². The molecular weight excluding hydrogens is 258 g/mol. The van der Waals surface area contributed by atoms with E-state index in [-0.39, 0.29) is 0 Å². The van der Waals surface area contributed by atoms with Crippen molar-refractivity contribution in [3.8, 4) is 0 Å². The van der Waals surface area contributed by atoms with Gasteiger partial charge in [-0.1, -0.05) is 6.07 Å². The Morgan fingerprint density at radius 2 is 1.90 bits per heavy atom. The van der Waals surface area contributed by atoms with Gasteiger partial charge >= 0.3 is 0 Å². The van der Waals surface area contributed by atoms with Crippen LogP contribution in [0, 0.1) is 5.92 Å². The van der Waals surface area contributed by atoms with Crippen LogP contribution < -0.4 is 5.32 Å². The SMILES string of the molecule is c1cc2cc(NC3CCN(CC4CC4)CC3)ccc2cn1. The van der Waals surface area contributed by atoms with Crippen LogP contribution in [0.2, 0.25) is 0 Å². The standard InChI is InChI=1S/C18H23N3/c1-2-14(1)13-21-9-6-17(7-10-21)20-18-4-3-16-12-19-8-5-15(16)11-18/h3-5,8,11-12,14,17,20H,1-2,6-7,9-10,13H2. The quantitative estimate of drug-likeness (QED) is 0.929. The Labute approximate surface area is 126 Å². The Kier molecular flexibility index (Phi) is 3.52. The molecule has 4 rings (SSSR count). The monoisotopic (exact) mass is 281 g/mol. The van der Waals surface area contributed by atoms with Crippen LogP contribution in [-0.2, 0) is 0 Å². The second kappa shape index (κ2) is 5.64. The van der Waals surface area contributed by atoms with Gasteiger partial charge in [0.15, 0.2) is 0 Å². The summed E-state index contributed by atoms with van der Waals surface area (Å²) in [5, 5.41) is 6.19. The zero-order chi connectivity index (χ0) is 14.1. The molecule has 0 unspecified atom stereocenters. The number of likely N-dealkylation sites (tertiary alicyclic amines) is 1. The van der Waals surface area contributed by atoms with E-state index >= 15 is 0 Å². The van der Waals surface area contributed by atoms with Gasteiger partial charge in [-0.25, -0.2) is 0 Å². The Morgan fingerprint density at radius 3 is 2.71 bits per heavy atom. The highest BCUT2D eigenvalue weighted by atomic mass is 15.1. The molecule has 2 heterocycles. The van der Waals surface area contributed by atoms with Crippen LogP contribution in [0.25, 0.3) is 10.8 Å². The van der Waals surface area contributed by atoms with Crippen LogP contribution in [0.15, 0.2) is 36.7 Å². The van der Waals surface area contributed by atoms with Crippen molar-refractivity contribution in [1.82, 2.24) is 9.88 Å². The number of hydrogen-bond donors (Lipinski definition) is 1. The first-order chi connectivity index (χ1) is 10.4. The lowest BCUT2D eigenvalue weighted by Gasteiger charge is -2.33. The molecule has 0 amide bonds. The summed E-state index contributed by atoms with van der Waals surface area (Å²) in [7, 11) is 0. The lowest BCUT2D eigenvalue weighted by Crippen LogP contribution is -2.40. The predicted molar refractivity (Wildman–Crippen MR) is 87.6 cm³/mol. The number of nitrogens with one attached hydrogen (secondary N) is 1. The number of nitrogens with zero attached hydrogens (tertiary/aromatic N) is 2. The summed E-state index contributed by atoms with van der Waals surface area (Å²) in [5.74, 6) is 1.02. The largest absolute Gasteiger partial charge is 0.382 e. The fourth-order valence-corrected chi connectivity index (χ4v) is 3.33. The van der Waals surface area contributed by atoms with Crippen LogP contribution >= 0.6 is 0 Å². The molecular formula is C18H23N3. The van der Waals surface area contributed by atoms with Crippen LogP contribution in [0.3, 0.4) is 0 Å². The van der Waals surface area contributed by atoms with Gasteiger partial charge in [-0.3, -0.25) is 4.98 Å². The van der Waals surface area contributed by atoms with E-state index in [0.29, 0.717) is 6.04 Å². The maximum Gasteiger partial charge on any atom is 0.0348 e. The van der Waals surface area contributed by atoms with Gasteiger partial charge < -0.3 is 10.2 Å². The van der Waals surface area contributed by atoms with Crippen LogP contribution in [0.1, 0.15) is 25.7 Å². The Balaban J connectivity index is 1.36. The molecule has 0 bridgehead atoms. The molecule has 1 aromatic carbocycles. The van der Waals surface area contributed by atoms with Gasteiger partial charge in [0, 0.05) is 49.1 Å². The van der Waals surface area contributed by atoms with Crippen molar-refractivity contribution >= 4 is 16.5 Å². The molecule has 2 aromatic rings. The smallest absolute Gasteiger partial charge is 0.0348 e. The van der Waals surface area contributed by atoms with Crippen molar-refractivity contribution in [2.75, 3.05) is 25.0 Å². The highest BCUT2D eigenvalue weighted by Crippen LogP contribution is 2.30. The highest BCUT2D eigenvalue weighted by molar-refractivity contribution is 5.84. The van der Waals surface area contributed by atoms with Crippen molar-refractivity contribution in [3.05, 3.63) is 36.7 Å². The van der Waals surface area contributed by atoms with Crippen molar-refractivity contribution in [2.45, 2.75) is 31.7 Å². The first-order valence-electron chi connectivity index (χ1n) is 8.19. The number of aromatic nitrogens is 1. The average Bonchev–Trinajstić information content (AvgIpc) is 3.33. The lowest BCUT2D eigenvalue weighted by molar-refractivity contribution is 0.211. The molecule has 2 aliphatic rings. The molecule has 1 aromatic heterocycles. The van der Waals surface area contributed by atoms with Crippen LogP contribution in [0.5, 0.6) is 0 Å². The fraction of sp³-hybridized carbons (Fsp3) is 0.500. The summed E-state index contributed by atoms with van der Waals surface area (Å²) in [6.07, 6.45) is 9.24. The third kappa shape index (κ3) is 3.18. The van der Waals surface area contributed by atoms with Gasteiger partial charge in [0.05, 0.1) is 0 Å². The molecule has 0 radical (unpaired) electrons. The molecule has 1 N–H and O–H groups in total. The summed E-state index contributed by atoms with van der Waals surface area (Å²) in [6, 6.07) is 9.29.